The maximum atomic E-state index is 12.5. The van der Waals surface area contributed by atoms with E-state index in [9.17, 15) is 9.59 Å². The first-order chi connectivity index (χ1) is 8.58. The molecule has 1 aromatic rings. The summed E-state index contributed by atoms with van der Waals surface area (Å²) < 4.78 is 0. The van der Waals surface area contributed by atoms with E-state index in [4.69, 9.17) is 0 Å². The molecule has 1 aromatic carbocycles. The van der Waals surface area contributed by atoms with Gasteiger partial charge in [0.15, 0.2) is 0 Å². The number of hydrogen-bond donors (Lipinski definition) is 1. The minimum Gasteiger partial charge on any atom is -0.327 e. The molecule has 1 saturated heterocycles. The molecule has 0 aliphatic carbocycles. The van der Waals surface area contributed by atoms with E-state index in [1.807, 2.05) is 26.0 Å². The molecule has 1 unspecified atom stereocenters. The number of benzene rings is 1. The molecule has 0 bridgehead atoms. The van der Waals surface area contributed by atoms with Crippen molar-refractivity contribution in [3.63, 3.8) is 0 Å². The minimum absolute atomic E-state index is 0.0161. The summed E-state index contributed by atoms with van der Waals surface area (Å²) in [6, 6.07) is 3.57. The number of nitrogens with one attached hydrogen (secondary N) is 1. The van der Waals surface area contributed by atoms with Gasteiger partial charge in [-0.25, -0.2) is 0 Å². The Balaban J connectivity index is 2.17. The predicted molar refractivity (Wildman–Crippen MR) is 68.6 cm³/mol. The third kappa shape index (κ3) is 1.52. The molecule has 4 heteroatoms. The lowest BCUT2D eigenvalue weighted by atomic mass is 10.0. The molecular formula is C14H16N2O2. The molecule has 2 heterocycles. The molecule has 0 radical (unpaired) electrons. The Hall–Kier alpha value is -1.84. The fraction of sp³-hybridized carbons (Fsp3) is 0.429. The summed E-state index contributed by atoms with van der Waals surface area (Å²) in [4.78, 5) is 26.3. The van der Waals surface area contributed by atoms with Crippen molar-refractivity contribution in [3.05, 3.63) is 28.8 Å². The van der Waals surface area contributed by atoms with E-state index in [1.165, 1.54) is 0 Å². The highest BCUT2D eigenvalue weighted by Crippen LogP contribution is 2.31. The lowest BCUT2D eigenvalue weighted by Crippen LogP contribution is -2.40. The summed E-state index contributed by atoms with van der Waals surface area (Å²) in [6.07, 6.45) is 1.67. The quantitative estimate of drug-likeness (QED) is 0.757. The van der Waals surface area contributed by atoms with Crippen molar-refractivity contribution in [1.29, 1.82) is 0 Å². The Kier molecular flexibility index (Phi) is 2.40. The number of carbonyl (C=O) groups is 2. The van der Waals surface area contributed by atoms with Gasteiger partial charge in [0, 0.05) is 6.54 Å². The first-order valence-corrected chi connectivity index (χ1v) is 6.31. The van der Waals surface area contributed by atoms with Crippen molar-refractivity contribution in [2.75, 3.05) is 11.9 Å². The first kappa shape index (κ1) is 11.3. The second kappa shape index (κ2) is 3.83. The Labute approximate surface area is 106 Å². The van der Waals surface area contributed by atoms with E-state index >= 15 is 0 Å². The smallest absolute Gasteiger partial charge is 0.256 e. The van der Waals surface area contributed by atoms with Gasteiger partial charge in [-0.1, -0.05) is 6.07 Å². The van der Waals surface area contributed by atoms with E-state index in [1.54, 1.807) is 4.90 Å². The number of carbonyl (C=O) groups excluding carboxylic acids is 2. The van der Waals surface area contributed by atoms with Gasteiger partial charge >= 0.3 is 0 Å². The normalized spacial score (nSPS) is 22.3. The average Bonchev–Trinajstić information content (AvgIpc) is 2.76. The molecule has 2 amide bonds. The number of fused-ring (bicyclic) bond motifs is 2. The lowest BCUT2D eigenvalue weighted by molar-refractivity contribution is -0.119. The topological polar surface area (TPSA) is 49.4 Å². The summed E-state index contributed by atoms with van der Waals surface area (Å²) in [5, 5.41) is 2.92. The van der Waals surface area contributed by atoms with Crippen molar-refractivity contribution >= 4 is 17.5 Å². The molecule has 3 rings (SSSR count). The average molecular weight is 244 g/mol. The van der Waals surface area contributed by atoms with Gasteiger partial charge < -0.3 is 10.2 Å². The number of amides is 2. The number of nitrogens with zero attached hydrogens (tertiary/aromatic N) is 1. The lowest BCUT2D eigenvalue weighted by Gasteiger charge is -2.20. The zero-order valence-electron chi connectivity index (χ0n) is 10.6. The third-order valence-corrected chi connectivity index (χ3v) is 3.77. The Bertz CT molecular complexity index is 551. The van der Waals surface area contributed by atoms with Crippen LogP contribution in [-0.2, 0) is 4.79 Å². The van der Waals surface area contributed by atoms with Gasteiger partial charge in [-0.15, -0.1) is 0 Å². The SMILES string of the molecule is Cc1cc(C)c2c(c1)C(=O)N1CCCC1C(=O)N2. The highest BCUT2D eigenvalue weighted by molar-refractivity contribution is 6.10. The van der Waals surface area contributed by atoms with E-state index in [0.29, 0.717) is 17.8 Å². The van der Waals surface area contributed by atoms with Crippen LogP contribution in [0.25, 0.3) is 0 Å². The maximum absolute atomic E-state index is 12.5. The summed E-state index contributed by atoms with van der Waals surface area (Å²) in [5.74, 6) is -0.0656. The first-order valence-electron chi connectivity index (χ1n) is 6.31. The molecule has 0 spiro atoms. The van der Waals surface area contributed by atoms with Crippen LogP contribution in [0.1, 0.15) is 34.3 Å². The summed E-state index contributed by atoms with van der Waals surface area (Å²) in [5.41, 5.74) is 3.31. The van der Waals surface area contributed by atoms with Gasteiger partial charge in [-0.3, -0.25) is 9.59 Å². The molecule has 1 N–H and O–H groups in total. The Morgan fingerprint density at radius 2 is 2.06 bits per heavy atom. The number of aryl methyl sites for hydroxylation is 2. The van der Waals surface area contributed by atoms with Crippen LogP contribution in [0, 0.1) is 13.8 Å². The van der Waals surface area contributed by atoms with Crippen molar-refractivity contribution in [3.8, 4) is 0 Å². The summed E-state index contributed by atoms with van der Waals surface area (Å²) >= 11 is 0. The van der Waals surface area contributed by atoms with E-state index < -0.39 is 0 Å². The van der Waals surface area contributed by atoms with Gasteiger partial charge in [0.2, 0.25) is 5.91 Å². The van der Waals surface area contributed by atoms with Gasteiger partial charge in [0.05, 0.1) is 11.3 Å². The molecule has 94 valence electrons. The maximum Gasteiger partial charge on any atom is 0.256 e. The molecule has 4 nitrogen and oxygen atoms in total. The van der Waals surface area contributed by atoms with Crippen LogP contribution >= 0.6 is 0 Å². The molecule has 2 aliphatic heterocycles. The minimum atomic E-state index is -0.287. The number of anilines is 1. The second-order valence-electron chi connectivity index (χ2n) is 5.15. The van der Waals surface area contributed by atoms with Crippen molar-refractivity contribution in [2.24, 2.45) is 0 Å². The fourth-order valence-electron chi connectivity index (χ4n) is 2.95. The van der Waals surface area contributed by atoms with Gasteiger partial charge in [0.1, 0.15) is 6.04 Å². The number of hydrogen-bond acceptors (Lipinski definition) is 2. The van der Waals surface area contributed by atoms with Crippen LogP contribution in [0.15, 0.2) is 12.1 Å². The monoisotopic (exact) mass is 244 g/mol. The van der Waals surface area contributed by atoms with Gasteiger partial charge in [-0.2, -0.15) is 0 Å². The van der Waals surface area contributed by atoms with Crippen LogP contribution < -0.4 is 5.32 Å². The Morgan fingerprint density at radius 1 is 1.28 bits per heavy atom. The van der Waals surface area contributed by atoms with Crippen molar-refractivity contribution in [2.45, 2.75) is 32.7 Å². The highest BCUT2D eigenvalue weighted by atomic mass is 16.2. The van der Waals surface area contributed by atoms with Crippen LogP contribution in [0.5, 0.6) is 0 Å². The predicted octanol–water partition coefficient (Wildman–Crippen LogP) is 1.86. The standard InChI is InChI=1S/C14H16N2O2/c1-8-6-9(2)12-10(7-8)14(18)16-5-3-4-11(16)13(17)15-12/h6-7,11H,3-5H2,1-2H3,(H,15,17). The molecule has 18 heavy (non-hydrogen) atoms. The summed E-state index contributed by atoms with van der Waals surface area (Å²) in [6.45, 7) is 4.58. The number of rotatable bonds is 0. The van der Waals surface area contributed by atoms with Crippen LogP contribution in [0.2, 0.25) is 0 Å². The van der Waals surface area contributed by atoms with Crippen LogP contribution in [0.3, 0.4) is 0 Å². The van der Waals surface area contributed by atoms with E-state index in [2.05, 4.69) is 5.32 Å². The summed E-state index contributed by atoms with van der Waals surface area (Å²) in [7, 11) is 0. The third-order valence-electron chi connectivity index (χ3n) is 3.77. The van der Waals surface area contributed by atoms with Crippen molar-refractivity contribution < 1.29 is 9.59 Å². The molecule has 2 aliphatic rings. The van der Waals surface area contributed by atoms with E-state index in [-0.39, 0.29) is 17.9 Å². The molecule has 1 atom stereocenters. The zero-order chi connectivity index (χ0) is 12.9. The zero-order valence-corrected chi connectivity index (χ0v) is 10.6. The highest BCUT2D eigenvalue weighted by Gasteiger charge is 2.38. The second-order valence-corrected chi connectivity index (χ2v) is 5.15. The molecular weight excluding hydrogens is 228 g/mol. The van der Waals surface area contributed by atoms with Crippen LogP contribution in [-0.4, -0.2) is 29.3 Å². The molecule has 0 saturated carbocycles. The van der Waals surface area contributed by atoms with Crippen molar-refractivity contribution in [1.82, 2.24) is 4.90 Å². The van der Waals surface area contributed by atoms with Gasteiger partial charge in [-0.05, 0) is 43.9 Å². The van der Waals surface area contributed by atoms with Gasteiger partial charge in [0.25, 0.3) is 5.91 Å². The largest absolute Gasteiger partial charge is 0.327 e. The molecule has 0 aromatic heterocycles. The Morgan fingerprint density at radius 3 is 2.83 bits per heavy atom. The van der Waals surface area contributed by atoms with E-state index in [0.717, 1.165) is 24.0 Å². The molecule has 1 fully saturated rings. The fourth-order valence-corrected chi connectivity index (χ4v) is 2.95. The van der Waals surface area contributed by atoms with Crippen LogP contribution in [0.4, 0.5) is 5.69 Å².